The molecule has 0 amide bonds. The van der Waals surface area contributed by atoms with Crippen molar-refractivity contribution in [2.45, 2.75) is 85.7 Å². The fraction of sp³-hybridized carbons (Fsp3) is 0.895. The molecule has 0 saturated carbocycles. The number of hydrogen-bond acceptors (Lipinski definition) is 1. The van der Waals surface area contributed by atoms with E-state index in [1.165, 1.54) is 63.2 Å². The van der Waals surface area contributed by atoms with Crippen molar-refractivity contribution in [2.24, 2.45) is 0 Å². The second-order valence-corrected chi connectivity index (χ2v) is 19.0. The van der Waals surface area contributed by atoms with Crippen molar-refractivity contribution in [1.82, 2.24) is 0 Å². The third-order valence-corrected chi connectivity index (χ3v) is 13.3. The average molecular weight is 436 g/mol. The van der Waals surface area contributed by atoms with Crippen molar-refractivity contribution in [3.63, 3.8) is 0 Å². The Hall–Kier alpha value is 2.25. The number of allylic oxidation sites excluding steroid dienone is 1. The van der Waals surface area contributed by atoms with E-state index >= 15 is 0 Å². The third-order valence-electron chi connectivity index (χ3n) is 3.80. The minimum absolute atomic E-state index is 0. The number of unbranched alkanes of at least 4 members (excludes halogenated alkanes) is 3. The maximum atomic E-state index is 10.1. The van der Waals surface area contributed by atoms with Gasteiger partial charge in [-0.1, -0.05) is 20.8 Å². The van der Waals surface area contributed by atoms with Crippen LogP contribution in [0.3, 0.4) is 0 Å². The molecule has 136 valence electrons. The summed E-state index contributed by atoms with van der Waals surface area (Å²) in [5.41, 5.74) is -0.750. The van der Waals surface area contributed by atoms with Crippen LogP contribution in [0.5, 0.6) is 0 Å². The number of halogens is 1. The molecule has 0 rings (SSSR count). The summed E-state index contributed by atoms with van der Waals surface area (Å²) in [6, 6.07) is 0. The van der Waals surface area contributed by atoms with Gasteiger partial charge in [-0.2, -0.15) is 0 Å². The fourth-order valence-corrected chi connectivity index (χ4v) is 10.6. The van der Waals surface area contributed by atoms with Gasteiger partial charge in [-0.25, -0.2) is 0 Å². The van der Waals surface area contributed by atoms with Gasteiger partial charge in [-0.05, 0) is 0 Å². The summed E-state index contributed by atoms with van der Waals surface area (Å²) in [4.78, 5) is 0. The van der Waals surface area contributed by atoms with Gasteiger partial charge in [0.2, 0.25) is 0 Å². The quantitative estimate of drug-likeness (QED) is 0.276. The minimum atomic E-state index is -1.64. The zero-order valence-electron chi connectivity index (χ0n) is 17.1. The molecule has 0 aromatic heterocycles. The first-order valence-electron chi connectivity index (χ1n) is 9.08. The van der Waals surface area contributed by atoms with Crippen LogP contribution >= 0.6 is 20.8 Å². The maximum absolute atomic E-state index is 10.1. The van der Waals surface area contributed by atoms with Gasteiger partial charge in [0, 0.05) is 0 Å². The van der Waals surface area contributed by atoms with Gasteiger partial charge in [0.15, 0.2) is 0 Å². The second-order valence-electron chi connectivity index (χ2n) is 7.63. The molecule has 0 saturated heterocycles. The molecule has 4 heteroatoms. The molecule has 0 heterocycles. The van der Waals surface area contributed by atoms with E-state index in [9.17, 15) is 5.11 Å². The van der Waals surface area contributed by atoms with Crippen molar-refractivity contribution in [2.75, 3.05) is 24.6 Å². The van der Waals surface area contributed by atoms with Crippen LogP contribution in [-0.2, 0) is 0 Å². The monoisotopic (exact) mass is 434 g/mol. The Balaban J connectivity index is -0.000000578. The van der Waals surface area contributed by atoms with Crippen LogP contribution in [0.2, 0.25) is 0 Å². The van der Waals surface area contributed by atoms with Crippen LogP contribution in [0, 0.1) is 0 Å². The molecule has 0 unspecified atom stereocenters. The van der Waals surface area contributed by atoms with Gasteiger partial charge in [0.05, 0.1) is 0 Å². The first-order valence-corrected chi connectivity index (χ1v) is 14.1. The molecule has 0 aliphatic carbocycles. The van der Waals surface area contributed by atoms with Crippen LogP contribution in [0.1, 0.15) is 80.1 Å². The summed E-state index contributed by atoms with van der Waals surface area (Å²) >= 11 is 4.32. The van der Waals surface area contributed by atoms with Crippen molar-refractivity contribution < 1.29 is 56.5 Å². The molecule has 23 heavy (non-hydrogen) atoms. The Kier molecular flexibility index (Phi) is 20.0. The Bertz CT molecular complexity index is 259. The predicted molar refractivity (Wildman–Crippen MR) is 110 cm³/mol. The Morgan fingerprint density at radius 2 is 1.17 bits per heavy atom. The molecule has 0 radical (unpaired) electrons. The smallest absolute Gasteiger partial charge is 0.850 e. The average Bonchev–Trinajstić information content (AvgIpc) is 2.40. The van der Waals surface area contributed by atoms with Crippen LogP contribution in [0.25, 0.3) is 0 Å². The van der Waals surface area contributed by atoms with E-state index in [2.05, 4.69) is 48.9 Å². The first-order chi connectivity index (χ1) is 10.0. The molecule has 0 N–H and O–H groups in total. The van der Waals surface area contributed by atoms with E-state index in [-0.39, 0.29) is 51.4 Å². The summed E-state index contributed by atoms with van der Waals surface area (Å²) in [5, 5.41) is 8.46. The molecule has 0 aromatic rings. The molecule has 0 aliphatic heterocycles. The van der Waals surface area contributed by atoms with Crippen LogP contribution in [0.4, 0.5) is 0 Å². The number of hydrogen-bond donors (Lipinski definition) is 0. The molecule has 0 bridgehead atoms. The van der Waals surface area contributed by atoms with E-state index < -0.39 is 10.9 Å². The molecular weight excluding hydrogens is 394 g/mol. The number of rotatable bonds is 11. The van der Waals surface area contributed by atoms with Crippen LogP contribution in [-0.4, -0.2) is 30.2 Å². The van der Waals surface area contributed by atoms with E-state index in [1.807, 2.05) is 0 Å². The Morgan fingerprint density at radius 3 is 1.35 bits per heavy atom. The SMILES string of the molecule is C=CCP(Br)(CCCC)(CCCC)CCCC.CC(C)(C)[O-].[K+]. The minimum Gasteiger partial charge on any atom is -0.850 e. The standard InChI is InChI=1S/C15H32BrP.C4H9O.K/c1-5-9-13-17(16,12-8-4,14-10-6-2)15-11-7-3;1-4(2,3)5;/h8H,4-7,9-15H2,1-3H3;1-3H3;/q;-1;+1. The van der Waals surface area contributed by atoms with E-state index in [0.29, 0.717) is 0 Å². The van der Waals surface area contributed by atoms with E-state index in [1.54, 1.807) is 20.8 Å². The third kappa shape index (κ3) is 18.8. The summed E-state index contributed by atoms with van der Waals surface area (Å²) in [6.07, 6.45) is 15.8. The second kappa shape index (κ2) is 15.3. The summed E-state index contributed by atoms with van der Waals surface area (Å²) in [7, 11) is 0. The summed E-state index contributed by atoms with van der Waals surface area (Å²) in [6.45, 7) is 15.8. The molecule has 0 aliphatic rings. The van der Waals surface area contributed by atoms with Gasteiger partial charge in [0.1, 0.15) is 0 Å². The van der Waals surface area contributed by atoms with Gasteiger partial charge in [-0.3, -0.25) is 0 Å². The van der Waals surface area contributed by atoms with E-state index in [4.69, 9.17) is 0 Å². The molecule has 1 nitrogen and oxygen atoms in total. The van der Waals surface area contributed by atoms with E-state index in [0.717, 1.165) is 0 Å². The van der Waals surface area contributed by atoms with Gasteiger partial charge < -0.3 is 5.11 Å². The molecule has 0 aromatic carbocycles. The largest absolute Gasteiger partial charge is 1.00 e. The maximum Gasteiger partial charge on any atom is 1.00 e. The predicted octanol–water partition coefficient (Wildman–Crippen LogP) is 3.59. The molecular formula is C19H41BrKOP. The normalized spacial score (nSPS) is 13.1. The van der Waals surface area contributed by atoms with Crippen molar-refractivity contribution >= 4 is 20.8 Å². The zero-order chi connectivity index (χ0) is 17.7. The first kappa shape index (κ1) is 30.0. The summed E-state index contributed by atoms with van der Waals surface area (Å²) < 4.78 is 0. The van der Waals surface area contributed by atoms with Crippen molar-refractivity contribution in [3.8, 4) is 0 Å². The molecule has 0 atom stereocenters. The zero-order valence-corrected chi connectivity index (χ0v) is 22.7. The Labute approximate surface area is 197 Å². The van der Waals surface area contributed by atoms with Gasteiger partial charge in [0.25, 0.3) is 0 Å². The van der Waals surface area contributed by atoms with Crippen molar-refractivity contribution in [1.29, 1.82) is 0 Å². The van der Waals surface area contributed by atoms with Crippen LogP contribution < -0.4 is 56.5 Å². The Morgan fingerprint density at radius 1 is 0.913 bits per heavy atom. The van der Waals surface area contributed by atoms with Crippen LogP contribution in [0.15, 0.2) is 12.7 Å². The molecule has 0 spiro atoms. The fourth-order valence-electron chi connectivity index (χ4n) is 2.59. The van der Waals surface area contributed by atoms with Crippen molar-refractivity contribution in [3.05, 3.63) is 12.7 Å². The summed E-state index contributed by atoms with van der Waals surface area (Å²) in [5.74, 6) is 0. The molecule has 0 fully saturated rings. The van der Waals surface area contributed by atoms with Gasteiger partial charge >= 0.3 is 169 Å². The van der Waals surface area contributed by atoms with Gasteiger partial charge in [-0.15, -0.1) is 5.60 Å². The topological polar surface area (TPSA) is 23.1 Å².